The molecule has 5 nitrogen and oxygen atoms in total. The van der Waals surface area contributed by atoms with Gasteiger partial charge in [0.15, 0.2) is 5.65 Å². The fourth-order valence-corrected chi connectivity index (χ4v) is 2.23. The number of pyridine rings is 1. The number of fused-ring (bicyclic) bond motifs is 1. The lowest BCUT2D eigenvalue weighted by atomic mass is 10.1. The van der Waals surface area contributed by atoms with E-state index in [1.54, 1.807) is 42.6 Å². The van der Waals surface area contributed by atoms with Crippen LogP contribution in [-0.2, 0) is 6.54 Å². The number of benzene rings is 1. The van der Waals surface area contributed by atoms with Crippen molar-refractivity contribution in [2.24, 2.45) is 0 Å². The summed E-state index contributed by atoms with van der Waals surface area (Å²) in [5.41, 5.74) is 0.874. The lowest BCUT2D eigenvalue weighted by Crippen LogP contribution is -2.24. The van der Waals surface area contributed by atoms with Crippen LogP contribution in [-0.4, -0.2) is 19.6 Å². The van der Waals surface area contributed by atoms with Gasteiger partial charge in [-0.15, -0.1) is 0 Å². The van der Waals surface area contributed by atoms with E-state index in [2.05, 4.69) is 9.97 Å². The summed E-state index contributed by atoms with van der Waals surface area (Å²) < 4.78 is 1.38. The van der Waals surface area contributed by atoms with Crippen LogP contribution >= 0.6 is 11.6 Å². The molecule has 0 fully saturated rings. The minimum absolute atomic E-state index is 0.123. The topological polar surface area (TPSA) is 68.0 Å². The molecule has 21 heavy (non-hydrogen) atoms. The van der Waals surface area contributed by atoms with Crippen LogP contribution in [0.2, 0.25) is 5.02 Å². The zero-order chi connectivity index (χ0) is 14.8. The van der Waals surface area contributed by atoms with Crippen LogP contribution in [0.5, 0.6) is 0 Å². The number of aliphatic hydroxyl groups excluding tert-OH is 1. The fraction of sp³-hybridized carbons (Fsp3) is 0.133. The molecule has 3 aromatic rings. The highest BCUT2D eigenvalue weighted by Crippen LogP contribution is 2.17. The molecular weight excluding hydrogens is 290 g/mol. The van der Waals surface area contributed by atoms with Crippen LogP contribution in [0.25, 0.3) is 11.0 Å². The van der Waals surface area contributed by atoms with Gasteiger partial charge in [0.1, 0.15) is 6.33 Å². The molecule has 1 aromatic carbocycles. The molecule has 0 saturated carbocycles. The van der Waals surface area contributed by atoms with Gasteiger partial charge < -0.3 is 5.11 Å². The van der Waals surface area contributed by atoms with Crippen LogP contribution < -0.4 is 5.56 Å². The molecule has 106 valence electrons. The summed E-state index contributed by atoms with van der Waals surface area (Å²) in [6.07, 6.45) is 2.18. The summed E-state index contributed by atoms with van der Waals surface area (Å²) in [6, 6.07) is 10.2. The number of hydrogen-bond acceptors (Lipinski definition) is 4. The van der Waals surface area contributed by atoms with E-state index in [-0.39, 0.29) is 12.1 Å². The third-order valence-corrected chi connectivity index (χ3v) is 3.47. The van der Waals surface area contributed by atoms with Crippen molar-refractivity contribution >= 4 is 22.6 Å². The van der Waals surface area contributed by atoms with Crippen molar-refractivity contribution in [2.45, 2.75) is 12.6 Å². The molecule has 0 saturated heterocycles. The van der Waals surface area contributed by atoms with E-state index in [0.717, 1.165) is 0 Å². The van der Waals surface area contributed by atoms with Crippen LogP contribution in [0.4, 0.5) is 0 Å². The van der Waals surface area contributed by atoms with Crippen molar-refractivity contribution < 1.29 is 5.11 Å². The van der Waals surface area contributed by atoms with Gasteiger partial charge in [0.25, 0.3) is 5.56 Å². The minimum atomic E-state index is -0.809. The van der Waals surface area contributed by atoms with Crippen molar-refractivity contribution in [3.8, 4) is 0 Å². The van der Waals surface area contributed by atoms with Gasteiger partial charge in [-0.2, -0.15) is 0 Å². The quantitative estimate of drug-likeness (QED) is 0.805. The van der Waals surface area contributed by atoms with E-state index in [1.807, 2.05) is 0 Å². The molecule has 3 rings (SSSR count). The van der Waals surface area contributed by atoms with E-state index >= 15 is 0 Å². The smallest absolute Gasteiger partial charge is 0.262 e. The predicted molar refractivity (Wildman–Crippen MR) is 80.2 cm³/mol. The molecule has 0 bridgehead atoms. The van der Waals surface area contributed by atoms with Crippen molar-refractivity contribution in [2.75, 3.05) is 0 Å². The zero-order valence-corrected chi connectivity index (χ0v) is 11.7. The molecule has 6 heteroatoms. The third kappa shape index (κ3) is 2.79. The highest BCUT2D eigenvalue weighted by atomic mass is 35.5. The maximum Gasteiger partial charge on any atom is 0.262 e. The Morgan fingerprint density at radius 1 is 1.19 bits per heavy atom. The fourth-order valence-electron chi connectivity index (χ4n) is 2.11. The molecule has 2 aromatic heterocycles. The van der Waals surface area contributed by atoms with Gasteiger partial charge >= 0.3 is 0 Å². The maximum atomic E-state index is 12.3. The van der Waals surface area contributed by atoms with E-state index in [4.69, 9.17) is 11.6 Å². The van der Waals surface area contributed by atoms with Crippen LogP contribution in [0.15, 0.2) is 53.7 Å². The number of halogens is 1. The first-order valence-electron chi connectivity index (χ1n) is 6.39. The second-order valence-electron chi connectivity index (χ2n) is 4.64. The first-order valence-corrected chi connectivity index (χ1v) is 6.76. The second-order valence-corrected chi connectivity index (χ2v) is 5.08. The van der Waals surface area contributed by atoms with Crippen molar-refractivity contribution in [3.05, 3.63) is 69.9 Å². The average molecular weight is 302 g/mol. The first-order chi connectivity index (χ1) is 10.1. The summed E-state index contributed by atoms with van der Waals surface area (Å²) in [7, 11) is 0. The first kappa shape index (κ1) is 13.7. The van der Waals surface area contributed by atoms with Gasteiger partial charge in [-0.25, -0.2) is 9.97 Å². The van der Waals surface area contributed by atoms with Gasteiger partial charge in [-0.1, -0.05) is 23.7 Å². The summed E-state index contributed by atoms with van der Waals surface area (Å²) in [6.45, 7) is 0.123. The lowest BCUT2D eigenvalue weighted by molar-refractivity contribution is 0.155. The van der Waals surface area contributed by atoms with E-state index in [9.17, 15) is 9.90 Å². The summed E-state index contributed by atoms with van der Waals surface area (Å²) in [5.74, 6) is 0. The second kappa shape index (κ2) is 5.63. The number of nitrogens with zero attached hydrogens (tertiary/aromatic N) is 3. The average Bonchev–Trinajstić information content (AvgIpc) is 2.51. The lowest BCUT2D eigenvalue weighted by Gasteiger charge is -2.13. The Bertz CT molecular complexity index is 830. The summed E-state index contributed by atoms with van der Waals surface area (Å²) in [5, 5.41) is 11.2. The molecule has 0 aliphatic carbocycles. The molecule has 1 atom stereocenters. The Hall–Kier alpha value is -2.24. The van der Waals surface area contributed by atoms with Gasteiger partial charge in [0.2, 0.25) is 0 Å². The number of hydrogen-bond donors (Lipinski definition) is 1. The molecule has 0 unspecified atom stereocenters. The minimum Gasteiger partial charge on any atom is -0.387 e. The van der Waals surface area contributed by atoms with Crippen molar-refractivity contribution in [3.63, 3.8) is 0 Å². The highest BCUT2D eigenvalue weighted by Gasteiger charge is 2.11. The molecule has 0 amide bonds. The molecule has 0 radical (unpaired) electrons. The number of aromatic nitrogens is 3. The largest absolute Gasteiger partial charge is 0.387 e. The summed E-state index contributed by atoms with van der Waals surface area (Å²) in [4.78, 5) is 20.5. The van der Waals surface area contributed by atoms with Crippen LogP contribution in [0, 0.1) is 0 Å². The Kier molecular flexibility index (Phi) is 3.68. The van der Waals surface area contributed by atoms with Crippen molar-refractivity contribution in [1.82, 2.24) is 14.5 Å². The van der Waals surface area contributed by atoms with Gasteiger partial charge in [-0.3, -0.25) is 9.36 Å². The SMILES string of the molecule is O=c1c2cccnc2ncn1C[C@@H](O)c1ccc(Cl)cc1. The third-order valence-electron chi connectivity index (χ3n) is 3.22. The van der Waals surface area contributed by atoms with E-state index in [1.165, 1.54) is 10.9 Å². The normalized spacial score (nSPS) is 12.5. The van der Waals surface area contributed by atoms with Gasteiger partial charge in [0.05, 0.1) is 18.0 Å². The maximum absolute atomic E-state index is 12.3. The molecule has 2 heterocycles. The standard InChI is InChI=1S/C15H12ClN3O2/c16-11-5-3-10(4-6-11)13(20)8-19-9-18-14-12(15(19)21)2-1-7-17-14/h1-7,9,13,20H,8H2/t13-/m1/s1. The van der Waals surface area contributed by atoms with E-state index < -0.39 is 6.10 Å². The van der Waals surface area contributed by atoms with Crippen LogP contribution in [0.1, 0.15) is 11.7 Å². The molecule has 1 N–H and O–H groups in total. The summed E-state index contributed by atoms with van der Waals surface area (Å²) >= 11 is 5.81. The van der Waals surface area contributed by atoms with E-state index in [0.29, 0.717) is 21.6 Å². The molecule has 0 aliphatic heterocycles. The predicted octanol–water partition coefficient (Wildman–Crippen LogP) is 2.18. The molecule has 0 aliphatic rings. The van der Waals surface area contributed by atoms with Gasteiger partial charge in [0, 0.05) is 11.2 Å². The van der Waals surface area contributed by atoms with Gasteiger partial charge in [-0.05, 0) is 29.8 Å². The Morgan fingerprint density at radius 2 is 1.95 bits per heavy atom. The van der Waals surface area contributed by atoms with Crippen molar-refractivity contribution in [1.29, 1.82) is 0 Å². The molecular formula is C15H12ClN3O2. The number of aliphatic hydroxyl groups is 1. The monoisotopic (exact) mass is 301 g/mol. The number of rotatable bonds is 3. The zero-order valence-electron chi connectivity index (χ0n) is 11.0. The Labute approximate surface area is 125 Å². The Balaban J connectivity index is 1.93. The molecule has 0 spiro atoms. The Morgan fingerprint density at radius 3 is 2.71 bits per heavy atom. The highest BCUT2D eigenvalue weighted by molar-refractivity contribution is 6.30. The van der Waals surface area contributed by atoms with Crippen LogP contribution in [0.3, 0.4) is 0 Å².